The smallest absolute Gasteiger partial charge is 0.183 e. The van der Waals surface area contributed by atoms with Gasteiger partial charge in [0, 0.05) is 19.4 Å². The zero-order valence-corrected chi connectivity index (χ0v) is 10.5. The summed E-state index contributed by atoms with van der Waals surface area (Å²) in [5, 5.41) is 4.07. The molecular formula is C12H15N3S. The number of nitrogens with zero attached hydrogens (tertiary/aromatic N) is 2. The summed E-state index contributed by atoms with van der Waals surface area (Å²) in [6.07, 6.45) is 3.64. The first-order valence-corrected chi connectivity index (χ1v) is 6.13. The van der Waals surface area contributed by atoms with Gasteiger partial charge in [0.25, 0.3) is 0 Å². The summed E-state index contributed by atoms with van der Waals surface area (Å²) in [6.45, 7) is 4.33. The summed E-state index contributed by atoms with van der Waals surface area (Å²) in [6, 6.07) is 4.05. The van der Waals surface area contributed by atoms with Crippen LogP contribution in [-0.2, 0) is 0 Å². The third-order valence-corrected chi connectivity index (χ3v) is 3.49. The van der Waals surface area contributed by atoms with E-state index >= 15 is 0 Å². The number of anilines is 1. The molecule has 0 aromatic carbocycles. The quantitative estimate of drug-likeness (QED) is 0.883. The molecule has 4 heteroatoms. The van der Waals surface area contributed by atoms with Gasteiger partial charge in [0.05, 0.1) is 10.6 Å². The molecule has 1 N–H and O–H groups in total. The van der Waals surface area contributed by atoms with Crippen LogP contribution < -0.4 is 5.32 Å². The number of nitrogens with one attached hydrogen (secondary N) is 1. The van der Waals surface area contributed by atoms with E-state index in [9.17, 15) is 0 Å². The second-order valence-electron chi connectivity index (χ2n) is 3.87. The molecule has 2 heterocycles. The van der Waals surface area contributed by atoms with Crippen molar-refractivity contribution in [2.24, 2.45) is 0 Å². The van der Waals surface area contributed by atoms with Crippen LogP contribution in [0.3, 0.4) is 0 Å². The summed E-state index contributed by atoms with van der Waals surface area (Å²) in [7, 11) is 1.90. The van der Waals surface area contributed by atoms with Gasteiger partial charge < -0.3 is 5.32 Å². The minimum absolute atomic E-state index is 0.432. The standard InChI is InChI=1S/C12H15N3S/c1-8(2)10-11(16-12(13-3)15-10)9-4-6-14-7-5-9/h4-8H,1-3H3,(H,13,15). The second kappa shape index (κ2) is 4.61. The lowest BCUT2D eigenvalue weighted by atomic mass is 10.1. The van der Waals surface area contributed by atoms with Crippen molar-refractivity contribution in [2.75, 3.05) is 12.4 Å². The highest BCUT2D eigenvalue weighted by atomic mass is 32.1. The minimum Gasteiger partial charge on any atom is -0.365 e. The van der Waals surface area contributed by atoms with Crippen LogP contribution >= 0.6 is 11.3 Å². The zero-order valence-electron chi connectivity index (χ0n) is 9.69. The number of aromatic nitrogens is 2. The summed E-state index contributed by atoms with van der Waals surface area (Å²) in [5.74, 6) is 0.432. The fraction of sp³-hybridized carbons (Fsp3) is 0.333. The molecule has 2 aromatic heterocycles. The highest BCUT2D eigenvalue weighted by Gasteiger charge is 2.14. The predicted octanol–water partition coefficient (Wildman–Crippen LogP) is 3.37. The van der Waals surface area contributed by atoms with E-state index < -0.39 is 0 Å². The monoisotopic (exact) mass is 233 g/mol. The van der Waals surface area contributed by atoms with Gasteiger partial charge in [-0.25, -0.2) is 4.98 Å². The van der Waals surface area contributed by atoms with Gasteiger partial charge in [-0.1, -0.05) is 25.2 Å². The van der Waals surface area contributed by atoms with E-state index in [1.165, 1.54) is 10.4 Å². The van der Waals surface area contributed by atoms with Crippen LogP contribution in [-0.4, -0.2) is 17.0 Å². The molecule has 0 saturated heterocycles. The van der Waals surface area contributed by atoms with Crippen LogP contribution in [0.15, 0.2) is 24.5 Å². The first kappa shape index (κ1) is 11.1. The first-order chi connectivity index (χ1) is 7.72. The first-order valence-electron chi connectivity index (χ1n) is 5.31. The Morgan fingerprint density at radius 3 is 2.50 bits per heavy atom. The van der Waals surface area contributed by atoms with Gasteiger partial charge in [-0.05, 0) is 23.6 Å². The Hall–Kier alpha value is -1.42. The number of pyridine rings is 1. The molecule has 0 atom stereocenters. The van der Waals surface area contributed by atoms with Gasteiger partial charge >= 0.3 is 0 Å². The van der Waals surface area contributed by atoms with Gasteiger partial charge in [-0.2, -0.15) is 0 Å². The van der Waals surface area contributed by atoms with Crippen molar-refractivity contribution in [3.63, 3.8) is 0 Å². The molecule has 2 rings (SSSR count). The second-order valence-corrected chi connectivity index (χ2v) is 4.87. The minimum atomic E-state index is 0.432. The van der Waals surface area contributed by atoms with E-state index in [4.69, 9.17) is 0 Å². The molecule has 84 valence electrons. The van der Waals surface area contributed by atoms with Crippen LogP contribution in [0.5, 0.6) is 0 Å². The van der Waals surface area contributed by atoms with E-state index in [0.29, 0.717) is 5.92 Å². The summed E-state index contributed by atoms with van der Waals surface area (Å²) < 4.78 is 0. The number of rotatable bonds is 3. The average molecular weight is 233 g/mol. The van der Waals surface area contributed by atoms with Crippen molar-refractivity contribution in [2.45, 2.75) is 19.8 Å². The van der Waals surface area contributed by atoms with Gasteiger partial charge in [-0.15, -0.1) is 0 Å². The lowest BCUT2D eigenvalue weighted by molar-refractivity contribution is 0.836. The fourth-order valence-corrected chi connectivity index (χ4v) is 2.62. The third kappa shape index (κ3) is 2.07. The van der Waals surface area contributed by atoms with Gasteiger partial charge in [0.2, 0.25) is 0 Å². The Kier molecular flexibility index (Phi) is 3.19. The number of thiazole rings is 1. The van der Waals surface area contributed by atoms with Gasteiger partial charge in [-0.3, -0.25) is 4.98 Å². The van der Waals surface area contributed by atoms with E-state index in [0.717, 1.165) is 10.8 Å². The van der Waals surface area contributed by atoms with Gasteiger partial charge in [0.15, 0.2) is 5.13 Å². The van der Waals surface area contributed by atoms with Crippen LogP contribution in [0.4, 0.5) is 5.13 Å². The largest absolute Gasteiger partial charge is 0.365 e. The lowest BCUT2D eigenvalue weighted by Gasteiger charge is -2.04. The molecule has 2 aromatic rings. The highest BCUT2D eigenvalue weighted by Crippen LogP contribution is 2.36. The summed E-state index contributed by atoms with van der Waals surface area (Å²) in [5.41, 5.74) is 2.35. The normalized spacial score (nSPS) is 10.8. The molecule has 0 spiro atoms. The molecule has 0 radical (unpaired) electrons. The Bertz CT molecular complexity index is 462. The molecule has 0 unspecified atom stereocenters. The molecular weight excluding hydrogens is 218 g/mol. The van der Waals surface area contributed by atoms with E-state index in [1.807, 2.05) is 31.6 Å². The van der Waals surface area contributed by atoms with Crippen LogP contribution in [0.2, 0.25) is 0 Å². The molecule has 3 nitrogen and oxygen atoms in total. The van der Waals surface area contributed by atoms with Crippen molar-refractivity contribution < 1.29 is 0 Å². The Morgan fingerprint density at radius 2 is 1.94 bits per heavy atom. The van der Waals surface area contributed by atoms with Crippen molar-refractivity contribution in [1.29, 1.82) is 0 Å². The molecule has 0 aliphatic carbocycles. The zero-order chi connectivity index (χ0) is 11.5. The SMILES string of the molecule is CNc1nc(C(C)C)c(-c2ccncc2)s1. The van der Waals surface area contributed by atoms with Crippen LogP contribution in [0, 0.1) is 0 Å². The third-order valence-electron chi connectivity index (χ3n) is 2.36. The topological polar surface area (TPSA) is 37.8 Å². The molecule has 0 bridgehead atoms. The van der Waals surface area contributed by atoms with Crippen LogP contribution in [0.25, 0.3) is 10.4 Å². The maximum Gasteiger partial charge on any atom is 0.183 e. The number of hydrogen-bond donors (Lipinski definition) is 1. The highest BCUT2D eigenvalue weighted by molar-refractivity contribution is 7.19. The fourth-order valence-electron chi connectivity index (χ4n) is 1.54. The van der Waals surface area contributed by atoms with E-state index in [2.05, 4.69) is 29.1 Å². The Morgan fingerprint density at radius 1 is 1.25 bits per heavy atom. The predicted molar refractivity (Wildman–Crippen MR) is 69.0 cm³/mol. The van der Waals surface area contributed by atoms with Crippen molar-refractivity contribution in [3.8, 4) is 10.4 Å². The molecule has 0 saturated carbocycles. The molecule has 0 aliphatic heterocycles. The molecule has 0 fully saturated rings. The summed E-state index contributed by atoms with van der Waals surface area (Å²) in [4.78, 5) is 9.87. The van der Waals surface area contributed by atoms with Crippen molar-refractivity contribution in [1.82, 2.24) is 9.97 Å². The Balaban J connectivity index is 2.51. The molecule has 16 heavy (non-hydrogen) atoms. The molecule has 0 aliphatic rings. The van der Waals surface area contributed by atoms with Crippen molar-refractivity contribution >= 4 is 16.5 Å². The summed E-state index contributed by atoms with van der Waals surface area (Å²) >= 11 is 1.69. The lowest BCUT2D eigenvalue weighted by Crippen LogP contribution is -1.92. The Labute approximate surface area is 99.6 Å². The van der Waals surface area contributed by atoms with Crippen LogP contribution in [0.1, 0.15) is 25.5 Å². The average Bonchev–Trinajstić information content (AvgIpc) is 2.74. The maximum atomic E-state index is 4.59. The number of hydrogen-bond acceptors (Lipinski definition) is 4. The maximum absolute atomic E-state index is 4.59. The van der Waals surface area contributed by atoms with E-state index in [1.54, 1.807) is 11.3 Å². The van der Waals surface area contributed by atoms with Crippen molar-refractivity contribution in [3.05, 3.63) is 30.2 Å². The van der Waals surface area contributed by atoms with E-state index in [-0.39, 0.29) is 0 Å². The van der Waals surface area contributed by atoms with Gasteiger partial charge in [0.1, 0.15) is 0 Å². The molecule has 0 amide bonds.